The first kappa shape index (κ1) is 17.8. The average molecular weight is 411 g/mol. The van der Waals surface area contributed by atoms with E-state index in [1.807, 2.05) is 13.8 Å². The quantitative estimate of drug-likeness (QED) is 0.723. The molecule has 1 heterocycles. The van der Waals surface area contributed by atoms with Crippen molar-refractivity contribution >= 4 is 27.7 Å². The Morgan fingerprint density at radius 1 is 1.08 bits per heavy atom. The molecule has 1 saturated heterocycles. The van der Waals surface area contributed by atoms with Crippen molar-refractivity contribution in [1.82, 2.24) is 10.2 Å². The second kappa shape index (κ2) is 6.24. The highest BCUT2D eigenvalue weighted by molar-refractivity contribution is 9.10. The lowest BCUT2D eigenvalue weighted by molar-refractivity contribution is -0.157. The van der Waals surface area contributed by atoms with Crippen LogP contribution >= 0.6 is 15.9 Å². The van der Waals surface area contributed by atoms with Gasteiger partial charge in [-0.3, -0.25) is 9.59 Å². The van der Waals surface area contributed by atoms with E-state index >= 15 is 0 Å². The topological polar surface area (TPSA) is 49.4 Å². The molecule has 4 saturated carbocycles. The minimum absolute atomic E-state index is 0.0744. The maximum absolute atomic E-state index is 13.5. The smallest absolute Gasteiger partial charge is 0.228 e. The lowest BCUT2D eigenvalue weighted by atomic mass is 9.49. The predicted molar refractivity (Wildman–Crippen MR) is 101 cm³/mol. The van der Waals surface area contributed by atoms with E-state index in [4.69, 9.17) is 0 Å². The van der Waals surface area contributed by atoms with E-state index in [1.54, 1.807) is 0 Å². The van der Waals surface area contributed by atoms with Crippen molar-refractivity contribution in [3.05, 3.63) is 0 Å². The molecule has 1 aliphatic heterocycles. The Labute approximate surface area is 159 Å². The second-order valence-corrected chi connectivity index (χ2v) is 11.3. The van der Waals surface area contributed by atoms with E-state index in [9.17, 15) is 9.59 Å². The van der Waals surface area contributed by atoms with Gasteiger partial charge in [-0.2, -0.15) is 0 Å². The predicted octanol–water partition coefficient (Wildman–Crippen LogP) is 3.48. The summed E-state index contributed by atoms with van der Waals surface area (Å²) in [7, 11) is 0. The molecule has 4 bridgehead atoms. The zero-order valence-electron chi connectivity index (χ0n) is 15.5. The molecule has 2 atom stereocenters. The zero-order valence-corrected chi connectivity index (χ0v) is 17.1. The van der Waals surface area contributed by atoms with Crippen LogP contribution in [-0.2, 0) is 9.59 Å². The highest BCUT2D eigenvalue weighted by Crippen LogP contribution is 2.64. The molecular weight excluding hydrogens is 380 g/mol. The third kappa shape index (κ3) is 3.26. The molecule has 1 N–H and O–H groups in total. The first-order chi connectivity index (χ1) is 11.8. The van der Waals surface area contributed by atoms with Crippen LogP contribution in [0.4, 0.5) is 0 Å². The van der Waals surface area contributed by atoms with Crippen molar-refractivity contribution in [1.29, 1.82) is 0 Å². The largest absolute Gasteiger partial charge is 0.354 e. The number of hydrogen-bond donors (Lipinski definition) is 1. The van der Waals surface area contributed by atoms with Crippen LogP contribution in [-0.4, -0.2) is 40.2 Å². The molecule has 0 aromatic carbocycles. The summed E-state index contributed by atoms with van der Waals surface area (Å²) in [4.78, 5) is 27.8. The van der Waals surface area contributed by atoms with E-state index in [2.05, 4.69) is 26.1 Å². The third-order valence-electron chi connectivity index (χ3n) is 7.03. The molecule has 5 fully saturated rings. The summed E-state index contributed by atoms with van der Waals surface area (Å²) in [6.45, 7) is 5.50. The molecule has 0 radical (unpaired) electrons. The van der Waals surface area contributed by atoms with Crippen molar-refractivity contribution in [2.75, 3.05) is 13.1 Å². The van der Waals surface area contributed by atoms with Gasteiger partial charge in [0.2, 0.25) is 11.8 Å². The number of nitrogens with one attached hydrogen (secondary N) is 1. The summed E-state index contributed by atoms with van der Waals surface area (Å²) >= 11 is 4.01. The van der Waals surface area contributed by atoms with Crippen LogP contribution in [0.3, 0.4) is 0 Å². The highest BCUT2D eigenvalue weighted by atomic mass is 79.9. The maximum Gasteiger partial charge on any atom is 0.228 e. The fourth-order valence-corrected chi connectivity index (χ4v) is 7.94. The van der Waals surface area contributed by atoms with Gasteiger partial charge in [-0.05, 0) is 77.0 Å². The van der Waals surface area contributed by atoms with Crippen LogP contribution in [0.1, 0.15) is 65.2 Å². The number of amides is 2. The summed E-state index contributed by atoms with van der Waals surface area (Å²) in [6, 6.07) is 0.189. The lowest BCUT2D eigenvalue weighted by Gasteiger charge is -2.60. The van der Waals surface area contributed by atoms with Gasteiger partial charge in [-0.15, -0.1) is 0 Å². The fourth-order valence-electron chi connectivity index (χ4n) is 6.48. The summed E-state index contributed by atoms with van der Waals surface area (Å²) in [5, 5.41) is 3.02. The number of halogens is 1. The molecule has 2 unspecified atom stereocenters. The standard InChI is InChI=1S/C20H31BrN2O2/c1-13(2)22-17(24)16-3-5-23(6-4-16)18(25)19-8-14-7-15(9-19)11-20(21,10-14)12-19/h13-16H,3-12H2,1-2H3,(H,22,24). The average Bonchev–Trinajstić information content (AvgIpc) is 2.51. The van der Waals surface area contributed by atoms with Gasteiger partial charge in [0.1, 0.15) is 0 Å². The van der Waals surface area contributed by atoms with Crippen molar-refractivity contribution in [2.24, 2.45) is 23.2 Å². The molecular formula is C20H31BrN2O2. The van der Waals surface area contributed by atoms with Crippen LogP contribution in [0.15, 0.2) is 0 Å². The highest BCUT2D eigenvalue weighted by Gasteiger charge is 2.60. The molecule has 25 heavy (non-hydrogen) atoms. The molecule has 4 nitrogen and oxygen atoms in total. The number of nitrogens with zero attached hydrogens (tertiary/aromatic N) is 1. The molecule has 5 rings (SSSR count). The van der Waals surface area contributed by atoms with Crippen molar-refractivity contribution in [3.8, 4) is 0 Å². The van der Waals surface area contributed by atoms with Gasteiger partial charge in [0, 0.05) is 29.4 Å². The van der Waals surface area contributed by atoms with Crippen LogP contribution in [0.25, 0.3) is 0 Å². The summed E-state index contributed by atoms with van der Waals surface area (Å²) in [5.74, 6) is 2.10. The van der Waals surface area contributed by atoms with E-state index in [-0.39, 0.29) is 27.6 Å². The van der Waals surface area contributed by atoms with Gasteiger partial charge in [0.25, 0.3) is 0 Å². The molecule has 0 aromatic rings. The van der Waals surface area contributed by atoms with E-state index < -0.39 is 0 Å². The number of rotatable bonds is 3. The summed E-state index contributed by atoms with van der Waals surface area (Å²) in [6.07, 6.45) is 8.71. The molecule has 5 heteroatoms. The van der Waals surface area contributed by atoms with Gasteiger partial charge in [0.05, 0.1) is 5.41 Å². The van der Waals surface area contributed by atoms with Gasteiger partial charge < -0.3 is 10.2 Å². The number of piperidine rings is 1. The Hall–Kier alpha value is -0.580. The maximum atomic E-state index is 13.5. The number of carbonyl (C=O) groups is 2. The first-order valence-electron chi connectivity index (χ1n) is 10.1. The number of likely N-dealkylation sites (tertiary alicyclic amines) is 1. The SMILES string of the molecule is CC(C)NC(=O)C1CCN(C(=O)C23CC4CC(CC(Br)(C4)C2)C3)CC1. The van der Waals surface area contributed by atoms with E-state index in [1.165, 1.54) is 19.3 Å². The van der Waals surface area contributed by atoms with Crippen molar-refractivity contribution < 1.29 is 9.59 Å². The molecule has 2 amide bonds. The van der Waals surface area contributed by atoms with Crippen molar-refractivity contribution in [2.45, 2.75) is 75.6 Å². The molecule has 0 spiro atoms. The molecule has 5 aliphatic rings. The van der Waals surface area contributed by atoms with Crippen molar-refractivity contribution in [3.63, 3.8) is 0 Å². The summed E-state index contributed by atoms with van der Waals surface area (Å²) < 4.78 is 0.224. The van der Waals surface area contributed by atoms with Gasteiger partial charge >= 0.3 is 0 Å². The molecule has 0 aromatic heterocycles. The first-order valence-corrected chi connectivity index (χ1v) is 10.9. The second-order valence-electron chi connectivity index (χ2n) is 9.62. The molecule has 140 valence electrons. The van der Waals surface area contributed by atoms with Gasteiger partial charge in [-0.1, -0.05) is 15.9 Å². The summed E-state index contributed by atoms with van der Waals surface area (Å²) in [5.41, 5.74) is -0.111. The number of alkyl halides is 1. The van der Waals surface area contributed by atoms with Crippen LogP contribution in [0.2, 0.25) is 0 Å². The van der Waals surface area contributed by atoms with E-state index in [0.29, 0.717) is 5.91 Å². The Balaban J connectivity index is 1.40. The Bertz CT molecular complexity index is 554. The fraction of sp³-hybridized carbons (Fsp3) is 0.900. The van der Waals surface area contributed by atoms with Crippen LogP contribution in [0.5, 0.6) is 0 Å². The lowest BCUT2D eigenvalue weighted by Crippen LogP contribution is -2.59. The zero-order chi connectivity index (χ0) is 17.8. The van der Waals surface area contributed by atoms with Gasteiger partial charge in [-0.25, -0.2) is 0 Å². The third-order valence-corrected chi connectivity index (χ3v) is 7.96. The minimum Gasteiger partial charge on any atom is -0.354 e. The van der Waals surface area contributed by atoms with Gasteiger partial charge in [0.15, 0.2) is 0 Å². The minimum atomic E-state index is -0.111. The molecule has 4 aliphatic carbocycles. The Morgan fingerprint density at radius 2 is 1.68 bits per heavy atom. The normalized spacial score (nSPS) is 40.6. The number of carbonyl (C=O) groups excluding carboxylic acids is 2. The monoisotopic (exact) mass is 410 g/mol. The van der Waals surface area contributed by atoms with Crippen LogP contribution < -0.4 is 5.32 Å². The van der Waals surface area contributed by atoms with Crippen LogP contribution in [0, 0.1) is 23.2 Å². The number of hydrogen-bond acceptors (Lipinski definition) is 2. The Kier molecular flexibility index (Phi) is 4.45. The Morgan fingerprint density at radius 3 is 2.20 bits per heavy atom. The van der Waals surface area contributed by atoms with E-state index in [0.717, 1.165) is 57.0 Å².